The molecule has 0 aliphatic carbocycles. The van der Waals surface area contributed by atoms with Crippen molar-refractivity contribution < 1.29 is 9.59 Å². The number of nitrogens with one attached hydrogen (secondary N) is 1. The first-order valence-electron chi connectivity index (χ1n) is 5.51. The second-order valence-corrected chi connectivity index (χ2v) is 5.09. The molecule has 1 aromatic rings. The van der Waals surface area contributed by atoms with Gasteiger partial charge in [0.05, 0.1) is 12.6 Å². The molecule has 0 saturated carbocycles. The molecule has 0 bridgehead atoms. The number of carbonyl (C=O) groups is 2. The van der Waals surface area contributed by atoms with Gasteiger partial charge in [-0.05, 0) is 20.8 Å². The highest BCUT2D eigenvalue weighted by Gasteiger charge is 2.35. The van der Waals surface area contributed by atoms with Crippen LogP contribution < -0.4 is 5.32 Å². The molecule has 5 nitrogen and oxygen atoms in total. The highest BCUT2D eigenvalue weighted by Crippen LogP contribution is 2.26. The monoisotopic (exact) mass is 253 g/mol. The maximum Gasteiger partial charge on any atom is 0.243 e. The van der Waals surface area contributed by atoms with E-state index in [4.69, 9.17) is 0 Å². The normalized spacial score (nSPS) is 22.5. The number of rotatable bonds is 2. The molecule has 1 aromatic heterocycles. The van der Waals surface area contributed by atoms with Gasteiger partial charge in [0.2, 0.25) is 11.8 Å². The zero-order valence-corrected chi connectivity index (χ0v) is 10.9. The Morgan fingerprint density at radius 3 is 2.88 bits per heavy atom. The summed E-state index contributed by atoms with van der Waals surface area (Å²) >= 11 is 1.52. The molecule has 1 aliphatic rings. The predicted octanol–water partition coefficient (Wildman–Crippen LogP) is 0.859. The quantitative estimate of drug-likeness (QED) is 0.850. The summed E-state index contributed by atoms with van der Waals surface area (Å²) in [6, 6.07) is -0.585. The van der Waals surface area contributed by atoms with Crippen molar-refractivity contribution in [2.24, 2.45) is 0 Å². The van der Waals surface area contributed by atoms with E-state index in [0.717, 1.165) is 10.7 Å². The van der Waals surface area contributed by atoms with Crippen molar-refractivity contribution in [1.82, 2.24) is 15.2 Å². The van der Waals surface area contributed by atoms with Crippen LogP contribution >= 0.6 is 11.3 Å². The van der Waals surface area contributed by atoms with E-state index in [0.29, 0.717) is 0 Å². The van der Waals surface area contributed by atoms with Gasteiger partial charge in [0.25, 0.3) is 0 Å². The number of hydrogen-bond donors (Lipinski definition) is 1. The van der Waals surface area contributed by atoms with Gasteiger partial charge in [-0.15, -0.1) is 11.3 Å². The molecule has 2 unspecified atom stereocenters. The third kappa shape index (κ3) is 2.17. The van der Waals surface area contributed by atoms with Crippen LogP contribution in [-0.2, 0) is 9.59 Å². The van der Waals surface area contributed by atoms with Gasteiger partial charge in [0, 0.05) is 11.1 Å². The summed E-state index contributed by atoms with van der Waals surface area (Å²) in [5, 5.41) is 5.40. The fraction of sp³-hybridized carbons (Fsp3) is 0.545. The summed E-state index contributed by atoms with van der Waals surface area (Å²) in [4.78, 5) is 29.4. The number of piperazine rings is 1. The van der Waals surface area contributed by atoms with Gasteiger partial charge < -0.3 is 10.2 Å². The fourth-order valence-corrected chi connectivity index (χ4v) is 2.83. The smallest absolute Gasteiger partial charge is 0.243 e. The molecule has 2 heterocycles. The van der Waals surface area contributed by atoms with Crippen molar-refractivity contribution in [1.29, 1.82) is 0 Å². The molecule has 0 aromatic carbocycles. The number of thiazole rings is 1. The van der Waals surface area contributed by atoms with Gasteiger partial charge in [0.15, 0.2) is 0 Å². The zero-order valence-electron chi connectivity index (χ0n) is 10.1. The van der Waals surface area contributed by atoms with E-state index in [1.165, 1.54) is 11.3 Å². The Morgan fingerprint density at radius 2 is 2.29 bits per heavy atom. The summed E-state index contributed by atoms with van der Waals surface area (Å²) in [7, 11) is 0. The van der Waals surface area contributed by atoms with Gasteiger partial charge in [-0.1, -0.05) is 0 Å². The Hall–Kier alpha value is -1.43. The minimum Gasteiger partial charge on any atom is -0.345 e. The predicted molar refractivity (Wildman–Crippen MR) is 64.6 cm³/mol. The van der Waals surface area contributed by atoms with Crippen LogP contribution in [0, 0.1) is 6.92 Å². The van der Waals surface area contributed by atoms with Crippen molar-refractivity contribution >= 4 is 23.2 Å². The van der Waals surface area contributed by atoms with Crippen molar-refractivity contribution in [3.05, 3.63) is 16.1 Å². The van der Waals surface area contributed by atoms with E-state index in [-0.39, 0.29) is 24.4 Å². The topological polar surface area (TPSA) is 62.3 Å². The first-order chi connectivity index (χ1) is 8.00. The molecule has 2 atom stereocenters. The Labute approximate surface area is 104 Å². The van der Waals surface area contributed by atoms with E-state index in [2.05, 4.69) is 10.3 Å². The van der Waals surface area contributed by atoms with Crippen molar-refractivity contribution in [2.75, 3.05) is 6.54 Å². The third-order valence-corrected chi connectivity index (χ3v) is 4.04. The number of aryl methyl sites for hydroxylation is 1. The fourth-order valence-electron chi connectivity index (χ4n) is 1.98. The number of carbonyl (C=O) groups excluding carboxylic acids is 2. The van der Waals surface area contributed by atoms with Gasteiger partial charge in [-0.25, -0.2) is 4.98 Å². The molecule has 2 rings (SSSR count). The van der Waals surface area contributed by atoms with Crippen LogP contribution in [0.2, 0.25) is 0 Å². The Bertz CT molecular complexity index is 457. The first-order valence-corrected chi connectivity index (χ1v) is 6.39. The Kier molecular flexibility index (Phi) is 3.15. The molecule has 92 valence electrons. The maximum atomic E-state index is 11.9. The zero-order chi connectivity index (χ0) is 12.6. The second kappa shape index (κ2) is 4.44. The largest absolute Gasteiger partial charge is 0.345 e. The van der Waals surface area contributed by atoms with Crippen LogP contribution in [0.3, 0.4) is 0 Å². The molecular formula is C11H15N3O2S. The number of amides is 2. The van der Waals surface area contributed by atoms with Crippen molar-refractivity contribution in [2.45, 2.75) is 32.9 Å². The lowest BCUT2D eigenvalue weighted by molar-refractivity contribution is -0.147. The molecule has 0 radical (unpaired) electrons. The minimum atomic E-state index is -0.435. The van der Waals surface area contributed by atoms with Crippen LogP contribution in [0.5, 0.6) is 0 Å². The van der Waals surface area contributed by atoms with E-state index < -0.39 is 6.04 Å². The van der Waals surface area contributed by atoms with Crippen LogP contribution in [0.1, 0.15) is 30.6 Å². The molecule has 1 aliphatic heterocycles. The van der Waals surface area contributed by atoms with E-state index in [1.807, 2.05) is 19.2 Å². The molecule has 1 N–H and O–H groups in total. The molecule has 2 amide bonds. The summed E-state index contributed by atoms with van der Waals surface area (Å²) in [6.45, 7) is 5.65. The second-order valence-electron chi connectivity index (χ2n) is 4.20. The summed E-state index contributed by atoms with van der Waals surface area (Å²) in [6.07, 6.45) is 0. The van der Waals surface area contributed by atoms with Crippen LogP contribution in [0.25, 0.3) is 0 Å². The maximum absolute atomic E-state index is 11.9. The van der Waals surface area contributed by atoms with Crippen LogP contribution in [0.4, 0.5) is 0 Å². The molecule has 6 heteroatoms. The highest BCUT2D eigenvalue weighted by atomic mass is 32.1. The Balaban J connectivity index is 2.25. The SMILES string of the molecule is Cc1csc(C(C)N2C(=O)CNC(=O)C2C)n1. The third-order valence-electron chi connectivity index (χ3n) is 2.91. The standard InChI is InChI=1S/C11H15N3O2S/c1-6-5-17-11(13-6)8(3)14-7(2)10(16)12-4-9(14)15/h5,7-8H,4H2,1-3H3,(H,12,16). The molecule has 17 heavy (non-hydrogen) atoms. The van der Waals surface area contributed by atoms with Crippen molar-refractivity contribution in [3.8, 4) is 0 Å². The number of hydrogen-bond acceptors (Lipinski definition) is 4. The Morgan fingerprint density at radius 1 is 1.59 bits per heavy atom. The highest BCUT2D eigenvalue weighted by molar-refractivity contribution is 7.09. The van der Waals surface area contributed by atoms with E-state index >= 15 is 0 Å². The lowest BCUT2D eigenvalue weighted by Crippen LogP contribution is -2.57. The van der Waals surface area contributed by atoms with Crippen LogP contribution in [-0.4, -0.2) is 34.3 Å². The van der Waals surface area contributed by atoms with Gasteiger partial charge in [-0.3, -0.25) is 9.59 Å². The van der Waals surface area contributed by atoms with Gasteiger partial charge in [0.1, 0.15) is 11.0 Å². The van der Waals surface area contributed by atoms with Crippen molar-refractivity contribution in [3.63, 3.8) is 0 Å². The molecule has 0 spiro atoms. The van der Waals surface area contributed by atoms with Crippen LogP contribution in [0.15, 0.2) is 5.38 Å². The lowest BCUT2D eigenvalue weighted by atomic mass is 10.1. The summed E-state index contributed by atoms with van der Waals surface area (Å²) < 4.78 is 0. The molecular weight excluding hydrogens is 238 g/mol. The average molecular weight is 253 g/mol. The number of aromatic nitrogens is 1. The first kappa shape index (κ1) is 12.0. The molecule has 1 saturated heterocycles. The minimum absolute atomic E-state index is 0.0579. The summed E-state index contributed by atoms with van der Waals surface area (Å²) in [5.41, 5.74) is 0.943. The van der Waals surface area contributed by atoms with E-state index in [9.17, 15) is 9.59 Å². The number of nitrogens with zero attached hydrogens (tertiary/aromatic N) is 2. The molecule has 1 fully saturated rings. The summed E-state index contributed by atoms with van der Waals surface area (Å²) in [5.74, 6) is -0.165. The van der Waals surface area contributed by atoms with Gasteiger partial charge >= 0.3 is 0 Å². The lowest BCUT2D eigenvalue weighted by Gasteiger charge is -2.36. The van der Waals surface area contributed by atoms with Gasteiger partial charge in [-0.2, -0.15) is 0 Å². The van der Waals surface area contributed by atoms with E-state index in [1.54, 1.807) is 11.8 Å². The average Bonchev–Trinajstić information content (AvgIpc) is 2.71.